The molecule has 8 nitrogen and oxygen atoms in total. The van der Waals surface area contributed by atoms with Crippen LogP contribution in [0.1, 0.15) is 15.9 Å². The zero-order chi connectivity index (χ0) is 19.6. The van der Waals surface area contributed by atoms with Gasteiger partial charge in [-0.2, -0.15) is 0 Å². The second-order valence-electron chi connectivity index (χ2n) is 5.64. The predicted molar refractivity (Wildman–Crippen MR) is 101 cm³/mol. The Hall–Kier alpha value is -2.30. The van der Waals surface area contributed by atoms with E-state index in [2.05, 4.69) is 21.2 Å². The van der Waals surface area contributed by atoms with Crippen LogP contribution in [0.4, 0.5) is 11.4 Å². The molecule has 2 rings (SSSR count). The number of nitro groups is 1. The summed E-state index contributed by atoms with van der Waals surface area (Å²) >= 11 is 3.18. The van der Waals surface area contributed by atoms with Crippen LogP contribution in [0.3, 0.4) is 0 Å². The Morgan fingerprint density at radius 1 is 1.19 bits per heavy atom. The smallest absolute Gasteiger partial charge is 0.271 e. The van der Waals surface area contributed by atoms with Gasteiger partial charge in [-0.05, 0) is 46.6 Å². The summed E-state index contributed by atoms with van der Waals surface area (Å²) < 4.78 is 26.1. The van der Waals surface area contributed by atoms with Crippen LogP contribution in [0, 0.1) is 17.0 Å². The fourth-order valence-electron chi connectivity index (χ4n) is 2.09. The van der Waals surface area contributed by atoms with E-state index >= 15 is 0 Å². The number of halogens is 1. The van der Waals surface area contributed by atoms with Gasteiger partial charge < -0.3 is 5.32 Å². The molecule has 1 N–H and O–H groups in total. The highest BCUT2D eigenvalue weighted by Crippen LogP contribution is 2.27. The molecule has 2 aromatic rings. The van der Waals surface area contributed by atoms with Crippen molar-refractivity contribution < 1.29 is 18.1 Å². The van der Waals surface area contributed by atoms with E-state index in [1.807, 2.05) is 0 Å². The summed E-state index contributed by atoms with van der Waals surface area (Å²) in [6, 6.07) is 8.29. The molecule has 0 spiro atoms. The Labute approximate surface area is 159 Å². The second-order valence-corrected chi connectivity index (χ2v) is 8.62. The molecule has 0 bridgehead atoms. The van der Waals surface area contributed by atoms with Gasteiger partial charge in [0.2, 0.25) is 10.0 Å². The van der Waals surface area contributed by atoms with Crippen LogP contribution in [0.5, 0.6) is 0 Å². The number of nitro benzene ring substituents is 1. The standard InChI is InChI=1S/C16H16BrN3O5S/c1-10-4-6-12(20(22)23)9-14(10)18-16(21)11-5-7-13(17)15(8-11)26(24,25)19(2)3/h4-9H,1-3H3,(H,18,21). The van der Waals surface area contributed by atoms with Crippen LogP contribution in [0.15, 0.2) is 45.8 Å². The van der Waals surface area contributed by atoms with Crippen molar-refractivity contribution in [3.05, 3.63) is 62.1 Å². The lowest BCUT2D eigenvalue weighted by Crippen LogP contribution is -2.23. The van der Waals surface area contributed by atoms with Crippen LogP contribution in [-0.2, 0) is 10.0 Å². The van der Waals surface area contributed by atoms with Gasteiger partial charge >= 0.3 is 0 Å². The molecule has 0 aromatic heterocycles. The molecule has 1 amide bonds. The van der Waals surface area contributed by atoms with Gasteiger partial charge in [0, 0.05) is 36.3 Å². The van der Waals surface area contributed by atoms with Crippen molar-refractivity contribution in [1.82, 2.24) is 4.31 Å². The lowest BCUT2D eigenvalue weighted by atomic mass is 10.1. The maximum absolute atomic E-state index is 12.5. The van der Waals surface area contributed by atoms with Gasteiger partial charge in [-0.25, -0.2) is 12.7 Å². The van der Waals surface area contributed by atoms with E-state index in [-0.39, 0.29) is 21.8 Å². The van der Waals surface area contributed by atoms with Gasteiger partial charge in [0.15, 0.2) is 0 Å². The molecule has 0 saturated carbocycles. The predicted octanol–water partition coefficient (Wildman–Crippen LogP) is 3.17. The summed E-state index contributed by atoms with van der Waals surface area (Å²) in [5, 5.41) is 13.5. The van der Waals surface area contributed by atoms with Crippen molar-refractivity contribution in [3.63, 3.8) is 0 Å². The molecule has 0 atom stereocenters. The number of hydrogen-bond donors (Lipinski definition) is 1. The fourth-order valence-corrected chi connectivity index (χ4v) is 3.94. The molecular weight excluding hydrogens is 426 g/mol. The number of anilines is 1. The Balaban J connectivity index is 2.40. The average molecular weight is 442 g/mol. The minimum absolute atomic E-state index is 0.0501. The summed E-state index contributed by atoms with van der Waals surface area (Å²) in [5.74, 6) is -0.573. The lowest BCUT2D eigenvalue weighted by Gasteiger charge is -2.14. The Morgan fingerprint density at radius 2 is 1.85 bits per heavy atom. The summed E-state index contributed by atoms with van der Waals surface area (Å²) in [5.41, 5.74) is 0.878. The van der Waals surface area contributed by atoms with E-state index in [1.165, 1.54) is 50.5 Å². The van der Waals surface area contributed by atoms with Gasteiger partial charge in [-0.1, -0.05) is 6.07 Å². The van der Waals surface area contributed by atoms with Gasteiger partial charge in [-0.3, -0.25) is 14.9 Å². The third kappa shape index (κ3) is 4.09. The number of amides is 1. The molecule has 0 unspecified atom stereocenters. The molecule has 0 saturated heterocycles. The fraction of sp³-hybridized carbons (Fsp3) is 0.188. The zero-order valence-corrected chi connectivity index (χ0v) is 16.6. The molecule has 0 radical (unpaired) electrons. The van der Waals surface area contributed by atoms with Gasteiger partial charge in [0.05, 0.1) is 15.5 Å². The summed E-state index contributed by atoms with van der Waals surface area (Å²) in [6.45, 7) is 1.70. The summed E-state index contributed by atoms with van der Waals surface area (Å²) in [6.07, 6.45) is 0. The van der Waals surface area contributed by atoms with Gasteiger partial charge in [-0.15, -0.1) is 0 Å². The number of carbonyl (C=O) groups is 1. The maximum Gasteiger partial charge on any atom is 0.271 e. The van der Waals surface area contributed by atoms with Crippen LogP contribution in [0.25, 0.3) is 0 Å². The molecule has 0 aliphatic heterocycles. The summed E-state index contributed by atoms with van der Waals surface area (Å²) in [7, 11) is -0.966. The number of nitrogens with one attached hydrogen (secondary N) is 1. The van der Waals surface area contributed by atoms with Crippen molar-refractivity contribution in [2.75, 3.05) is 19.4 Å². The van der Waals surface area contributed by atoms with Crippen molar-refractivity contribution >= 4 is 43.2 Å². The lowest BCUT2D eigenvalue weighted by molar-refractivity contribution is -0.384. The van der Waals surface area contributed by atoms with E-state index in [0.717, 1.165) is 4.31 Å². The highest BCUT2D eigenvalue weighted by molar-refractivity contribution is 9.10. The minimum atomic E-state index is -3.75. The highest BCUT2D eigenvalue weighted by Gasteiger charge is 2.22. The van der Waals surface area contributed by atoms with Gasteiger partial charge in [0.1, 0.15) is 0 Å². The van der Waals surface area contributed by atoms with Crippen molar-refractivity contribution in [1.29, 1.82) is 0 Å². The van der Waals surface area contributed by atoms with Crippen LogP contribution in [0.2, 0.25) is 0 Å². The second kappa shape index (κ2) is 7.52. The molecule has 0 heterocycles. The number of benzene rings is 2. The van der Waals surface area contributed by atoms with Crippen LogP contribution in [-0.4, -0.2) is 37.6 Å². The molecule has 10 heteroatoms. The number of aryl methyl sites for hydroxylation is 1. The van der Waals surface area contributed by atoms with E-state index < -0.39 is 20.9 Å². The summed E-state index contributed by atoms with van der Waals surface area (Å²) in [4.78, 5) is 22.8. The molecule has 138 valence electrons. The normalized spacial score (nSPS) is 11.4. The molecule has 0 aliphatic rings. The Bertz CT molecular complexity index is 989. The number of carbonyl (C=O) groups excluding carboxylic acids is 1. The van der Waals surface area contributed by atoms with Crippen LogP contribution >= 0.6 is 15.9 Å². The molecule has 0 aliphatic carbocycles. The quantitative estimate of drug-likeness (QED) is 0.565. The maximum atomic E-state index is 12.5. The van der Waals surface area contributed by atoms with Crippen molar-refractivity contribution in [2.45, 2.75) is 11.8 Å². The third-order valence-corrected chi connectivity index (χ3v) is 6.44. The number of hydrogen-bond acceptors (Lipinski definition) is 5. The molecule has 26 heavy (non-hydrogen) atoms. The molecular formula is C16H16BrN3O5S. The number of sulfonamides is 1. The first kappa shape index (κ1) is 20.0. The van der Waals surface area contributed by atoms with Crippen molar-refractivity contribution in [3.8, 4) is 0 Å². The Kier molecular flexibility index (Phi) is 5.79. The number of non-ortho nitro benzene ring substituents is 1. The van der Waals surface area contributed by atoms with E-state index in [9.17, 15) is 23.3 Å². The first-order valence-corrected chi connectivity index (χ1v) is 9.56. The largest absolute Gasteiger partial charge is 0.321 e. The first-order chi connectivity index (χ1) is 12.0. The third-order valence-electron chi connectivity index (χ3n) is 3.63. The monoisotopic (exact) mass is 441 g/mol. The topological polar surface area (TPSA) is 110 Å². The Morgan fingerprint density at radius 3 is 2.42 bits per heavy atom. The van der Waals surface area contributed by atoms with Gasteiger partial charge in [0.25, 0.3) is 11.6 Å². The van der Waals surface area contributed by atoms with Crippen LogP contribution < -0.4 is 5.32 Å². The minimum Gasteiger partial charge on any atom is -0.321 e. The van der Waals surface area contributed by atoms with Crippen molar-refractivity contribution in [2.24, 2.45) is 0 Å². The van der Waals surface area contributed by atoms with E-state index in [0.29, 0.717) is 10.0 Å². The first-order valence-electron chi connectivity index (χ1n) is 7.32. The SMILES string of the molecule is Cc1ccc([N+](=O)[O-])cc1NC(=O)c1ccc(Br)c(S(=O)(=O)N(C)C)c1. The molecule has 2 aromatic carbocycles. The molecule has 0 fully saturated rings. The number of nitrogens with zero attached hydrogens (tertiary/aromatic N) is 2. The average Bonchev–Trinajstić information content (AvgIpc) is 2.56. The highest BCUT2D eigenvalue weighted by atomic mass is 79.9. The van der Waals surface area contributed by atoms with E-state index in [4.69, 9.17) is 0 Å². The number of rotatable bonds is 5. The zero-order valence-electron chi connectivity index (χ0n) is 14.2. The van der Waals surface area contributed by atoms with E-state index in [1.54, 1.807) is 6.92 Å².